The summed E-state index contributed by atoms with van der Waals surface area (Å²) in [5.41, 5.74) is 2.71. The van der Waals surface area contributed by atoms with E-state index in [0.29, 0.717) is 30.5 Å². The Morgan fingerprint density at radius 3 is 2.77 bits per heavy atom. The summed E-state index contributed by atoms with van der Waals surface area (Å²) in [6.07, 6.45) is 0.594. The Morgan fingerprint density at radius 2 is 2.00 bits per heavy atom. The lowest BCUT2D eigenvalue weighted by atomic mass is 9.86. The Balaban J connectivity index is 1.41. The van der Waals surface area contributed by atoms with E-state index in [1.54, 1.807) is 13.0 Å². The van der Waals surface area contributed by atoms with Crippen molar-refractivity contribution in [3.63, 3.8) is 0 Å². The fourth-order valence-corrected chi connectivity index (χ4v) is 5.74. The Morgan fingerprint density at radius 1 is 1.23 bits per heavy atom. The molecule has 0 unspecified atom stereocenters. The van der Waals surface area contributed by atoms with Gasteiger partial charge in [-0.3, -0.25) is 4.79 Å². The van der Waals surface area contributed by atoms with Crippen LogP contribution in [0.1, 0.15) is 35.6 Å². The number of aliphatic hydroxyl groups excluding tert-OH is 1. The minimum absolute atomic E-state index is 0.0677. The van der Waals surface area contributed by atoms with E-state index in [1.165, 1.54) is 16.4 Å². The number of rotatable bonds is 5. The number of hydrogen-bond donors (Lipinski definition) is 3. The van der Waals surface area contributed by atoms with Gasteiger partial charge in [-0.1, -0.05) is 24.3 Å². The zero-order valence-electron chi connectivity index (χ0n) is 17.2. The van der Waals surface area contributed by atoms with Crippen LogP contribution in [0.3, 0.4) is 0 Å². The van der Waals surface area contributed by atoms with Gasteiger partial charge in [0.25, 0.3) is 10.2 Å². The van der Waals surface area contributed by atoms with Gasteiger partial charge in [-0.15, -0.1) is 0 Å². The van der Waals surface area contributed by atoms with E-state index in [4.69, 9.17) is 0 Å². The van der Waals surface area contributed by atoms with Gasteiger partial charge >= 0.3 is 0 Å². The van der Waals surface area contributed by atoms with Gasteiger partial charge in [0.2, 0.25) is 5.91 Å². The van der Waals surface area contributed by atoms with Crippen LogP contribution in [0.2, 0.25) is 0 Å². The molecule has 1 fully saturated rings. The van der Waals surface area contributed by atoms with Gasteiger partial charge in [-0.25, -0.2) is 4.39 Å². The van der Waals surface area contributed by atoms with E-state index in [2.05, 4.69) is 10.0 Å². The van der Waals surface area contributed by atoms with Crippen molar-refractivity contribution in [2.45, 2.75) is 38.3 Å². The standard InChI is InChI=1S/C22H26FN3O4S/c1-14-10-17(6-7-20(14)23)24-22(28)16-8-9-26(13-16)31(29,30)25-21-12-18(27)11-15-4-2-3-5-19(15)21/h2-7,10,16,18,21,25,27H,8-9,11-13H2,1H3,(H,24,28)/t16-,18+,21-/m0/s1. The molecule has 1 aliphatic heterocycles. The number of carbonyl (C=O) groups excluding carboxylic acids is 1. The summed E-state index contributed by atoms with van der Waals surface area (Å²) in [6.45, 7) is 1.91. The van der Waals surface area contributed by atoms with Crippen molar-refractivity contribution < 1.29 is 22.7 Å². The van der Waals surface area contributed by atoms with Gasteiger partial charge in [-0.2, -0.15) is 17.4 Å². The Kier molecular flexibility index (Phi) is 6.11. The molecule has 1 saturated heterocycles. The minimum Gasteiger partial charge on any atom is -0.393 e. The molecular weight excluding hydrogens is 421 g/mol. The minimum atomic E-state index is -3.83. The van der Waals surface area contributed by atoms with Crippen molar-refractivity contribution >= 4 is 21.8 Å². The first-order valence-corrected chi connectivity index (χ1v) is 11.8. The Bertz CT molecular complexity index is 1090. The number of nitrogens with one attached hydrogen (secondary N) is 2. The van der Waals surface area contributed by atoms with Gasteiger partial charge in [0, 0.05) is 18.8 Å². The lowest BCUT2D eigenvalue weighted by molar-refractivity contribution is -0.119. The predicted octanol–water partition coefficient (Wildman–Crippen LogP) is 2.28. The zero-order chi connectivity index (χ0) is 22.2. The maximum absolute atomic E-state index is 13.4. The smallest absolute Gasteiger partial charge is 0.280 e. The summed E-state index contributed by atoms with van der Waals surface area (Å²) in [7, 11) is -3.83. The van der Waals surface area contributed by atoms with Crippen LogP contribution in [0.15, 0.2) is 42.5 Å². The molecule has 0 bridgehead atoms. The molecule has 7 nitrogen and oxygen atoms in total. The number of anilines is 1. The quantitative estimate of drug-likeness (QED) is 0.655. The summed E-state index contributed by atoms with van der Waals surface area (Å²) >= 11 is 0. The van der Waals surface area contributed by atoms with E-state index < -0.39 is 28.3 Å². The van der Waals surface area contributed by atoms with Crippen LogP contribution >= 0.6 is 0 Å². The number of carbonyl (C=O) groups is 1. The van der Waals surface area contributed by atoms with E-state index in [1.807, 2.05) is 24.3 Å². The van der Waals surface area contributed by atoms with Crippen LogP contribution in [-0.2, 0) is 21.4 Å². The fraction of sp³-hybridized carbons (Fsp3) is 0.409. The summed E-state index contributed by atoms with van der Waals surface area (Å²) in [4.78, 5) is 12.6. The molecule has 0 spiro atoms. The number of amides is 1. The molecule has 9 heteroatoms. The first kappa shape index (κ1) is 21.9. The van der Waals surface area contributed by atoms with Gasteiger partial charge in [-0.05, 0) is 61.1 Å². The number of nitrogens with zero attached hydrogens (tertiary/aromatic N) is 1. The highest BCUT2D eigenvalue weighted by molar-refractivity contribution is 7.87. The highest BCUT2D eigenvalue weighted by atomic mass is 32.2. The molecule has 3 N–H and O–H groups in total. The lowest BCUT2D eigenvalue weighted by Crippen LogP contribution is -2.43. The number of fused-ring (bicyclic) bond motifs is 1. The van der Waals surface area contributed by atoms with Crippen molar-refractivity contribution in [2.24, 2.45) is 5.92 Å². The molecule has 166 valence electrons. The van der Waals surface area contributed by atoms with Crippen molar-refractivity contribution in [1.29, 1.82) is 0 Å². The Hall–Kier alpha value is -2.33. The SMILES string of the molecule is Cc1cc(NC(=O)[C@H]2CCN(S(=O)(=O)N[C@H]3C[C@H](O)Cc4ccccc43)C2)ccc1F. The number of aryl methyl sites for hydroxylation is 1. The molecule has 3 atom stereocenters. The topological polar surface area (TPSA) is 98.7 Å². The molecule has 2 aromatic carbocycles. The van der Waals surface area contributed by atoms with Gasteiger partial charge in [0.15, 0.2) is 0 Å². The summed E-state index contributed by atoms with van der Waals surface area (Å²) in [5, 5.41) is 12.9. The second kappa shape index (κ2) is 8.66. The number of hydrogen-bond acceptors (Lipinski definition) is 4. The fourth-order valence-electron chi connectivity index (χ4n) is 4.29. The van der Waals surface area contributed by atoms with Crippen LogP contribution < -0.4 is 10.0 Å². The van der Waals surface area contributed by atoms with Crippen molar-refractivity contribution in [3.05, 3.63) is 65.0 Å². The first-order valence-electron chi connectivity index (χ1n) is 10.3. The summed E-state index contributed by atoms with van der Waals surface area (Å²) < 4.78 is 43.4. The molecule has 0 aromatic heterocycles. The maximum Gasteiger partial charge on any atom is 0.280 e. The second-order valence-electron chi connectivity index (χ2n) is 8.26. The monoisotopic (exact) mass is 447 g/mol. The Labute approximate surface area is 181 Å². The third-order valence-electron chi connectivity index (χ3n) is 5.97. The predicted molar refractivity (Wildman–Crippen MR) is 115 cm³/mol. The van der Waals surface area contributed by atoms with Crippen molar-refractivity contribution in [3.8, 4) is 0 Å². The molecule has 0 saturated carbocycles. The van der Waals surface area contributed by atoms with Crippen molar-refractivity contribution in [2.75, 3.05) is 18.4 Å². The van der Waals surface area contributed by atoms with Crippen LogP contribution in [-0.4, -0.2) is 42.9 Å². The van der Waals surface area contributed by atoms with Crippen molar-refractivity contribution in [1.82, 2.24) is 9.03 Å². The van der Waals surface area contributed by atoms with E-state index in [-0.39, 0.29) is 24.8 Å². The number of aliphatic hydroxyl groups is 1. The molecule has 2 aromatic rings. The largest absolute Gasteiger partial charge is 0.393 e. The molecule has 31 heavy (non-hydrogen) atoms. The average Bonchev–Trinajstić information content (AvgIpc) is 3.22. The number of benzene rings is 2. The van der Waals surface area contributed by atoms with E-state index >= 15 is 0 Å². The molecule has 0 radical (unpaired) electrons. The second-order valence-corrected chi connectivity index (χ2v) is 9.97. The first-order chi connectivity index (χ1) is 14.7. The zero-order valence-corrected chi connectivity index (χ0v) is 18.0. The third kappa shape index (κ3) is 4.79. The summed E-state index contributed by atoms with van der Waals surface area (Å²) in [6, 6.07) is 11.3. The average molecular weight is 448 g/mol. The summed E-state index contributed by atoms with van der Waals surface area (Å²) in [5.74, 6) is -1.13. The molecule has 1 heterocycles. The van der Waals surface area contributed by atoms with E-state index in [0.717, 1.165) is 11.1 Å². The van der Waals surface area contributed by atoms with Gasteiger partial charge < -0.3 is 10.4 Å². The van der Waals surface area contributed by atoms with E-state index in [9.17, 15) is 22.7 Å². The van der Waals surface area contributed by atoms with Crippen LogP contribution in [0.25, 0.3) is 0 Å². The molecule has 1 aliphatic carbocycles. The number of halogens is 1. The third-order valence-corrected chi connectivity index (χ3v) is 7.57. The van der Waals surface area contributed by atoms with Crippen LogP contribution in [0.5, 0.6) is 0 Å². The normalized spacial score (nSPS) is 24.0. The molecular formula is C22H26FN3O4S. The van der Waals surface area contributed by atoms with Gasteiger partial charge in [0.1, 0.15) is 5.82 Å². The highest BCUT2D eigenvalue weighted by Gasteiger charge is 2.37. The van der Waals surface area contributed by atoms with Crippen LogP contribution in [0, 0.1) is 18.7 Å². The highest BCUT2D eigenvalue weighted by Crippen LogP contribution is 2.31. The molecule has 2 aliphatic rings. The van der Waals surface area contributed by atoms with Gasteiger partial charge in [0.05, 0.1) is 18.1 Å². The maximum atomic E-state index is 13.4. The molecule has 1 amide bonds. The molecule has 4 rings (SSSR count). The van der Waals surface area contributed by atoms with Crippen LogP contribution in [0.4, 0.5) is 10.1 Å². The lowest BCUT2D eigenvalue weighted by Gasteiger charge is -2.30.